The van der Waals surface area contributed by atoms with Crippen molar-refractivity contribution in [3.8, 4) is 6.07 Å². The molecule has 0 saturated carbocycles. The second-order valence-electron chi connectivity index (χ2n) is 10.8. The van der Waals surface area contributed by atoms with Gasteiger partial charge in [-0.15, -0.1) is 0 Å². The number of nitriles is 1. The van der Waals surface area contributed by atoms with Gasteiger partial charge in [0.15, 0.2) is 0 Å². The summed E-state index contributed by atoms with van der Waals surface area (Å²) in [7, 11) is 0. The molecule has 0 aromatic heterocycles. The first kappa shape index (κ1) is 5.77. The fourth-order valence-electron chi connectivity index (χ4n) is 17.8. The molecule has 1 nitrogen and oxygen atoms in total. The summed E-state index contributed by atoms with van der Waals surface area (Å²) >= 11 is 0. The molecule has 10 saturated heterocycles. The number of hydrogen-bond donors (Lipinski definition) is 0. The van der Waals surface area contributed by atoms with Gasteiger partial charge in [0.25, 0.3) is 0 Å². The molecule has 10 aliphatic rings. The van der Waals surface area contributed by atoms with Gasteiger partial charge in [0.2, 0.25) is 0 Å². The predicted molar refractivity (Wildman–Crippen MR) is 55.8 cm³/mol. The predicted octanol–water partition coefficient (Wildman–Crippen LogP) is 4.30. The van der Waals surface area contributed by atoms with Crippen LogP contribution in [-0.2, 0) is 6.51 Å². The monoisotopic (exact) mass is 253 g/mol. The minimum absolute atomic E-state index is 0.543. The summed E-state index contributed by atoms with van der Waals surface area (Å²) in [5.74, 6) is 0.543. The molecule has 10 rings (SSSR count). The molecule has 5 unspecified atom stereocenters. The number of rotatable bonds is 2. The summed E-state index contributed by atoms with van der Waals surface area (Å²) in [6.07, 6.45) is 1.19. The van der Waals surface area contributed by atoms with Gasteiger partial charge in [0.1, 0.15) is 0 Å². The van der Waals surface area contributed by atoms with E-state index in [0.717, 1.165) is 4.31 Å². The van der Waals surface area contributed by atoms with E-state index in [2.05, 4.69) is 13.0 Å². The SMILES string of the molecule is CCC(C#N)[C]12[CH]3[CH]4[CH]5[CH]1[Fe]45321678[CH]2[CH]1[CH]6[CH]7[CH]28. The van der Waals surface area contributed by atoms with Crippen LogP contribution in [0, 0.1) is 17.2 Å². The molecule has 0 bridgehead atoms. The van der Waals surface area contributed by atoms with Crippen LogP contribution in [0.5, 0.6) is 0 Å². The molecule has 0 radical (unpaired) electrons. The average Bonchev–Trinajstić information content (AvgIpc) is 3.25. The van der Waals surface area contributed by atoms with Crippen molar-refractivity contribution in [1.82, 2.24) is 0 Å². The van der Waals surface area contributed by atoms with Gasteiger partial charge in [-0.05, 0) is 0 Å². The first-order chi connectivity index (χ1) is 7.56. The Balaban J connectivity index is 1.70. The van der Waals surface area contributed by atoms with Crippen molar-refractivity contribution in [2.75, 3.05) is 0 Å². The van der Waals surface area contributed by atoms with Gasteiger partial charge in [-0.3, -0.25) is 0 Å². The van der Waals surface area contributed by atoms with Crippen LogP contribution >= 0.6 is 0 Å². The number of fused-ring (bicyclic) bond motifs is 10. The van der Waals surface area contributed by atoms with Crippen molar-refractivity contribution in [2.24, 2.45) is 5.92 Å². The van der Waals surface area contributed by atoms with E-state index >= 15 is 0 Å². The first-order valence-electron chi connectivity index (χ1n) is 7.17. The Kier molecular flexibility index (Phi) is 0.154. The van der Waals surface area contributed by atoms with Crippen LogP contribution in [0.4, 0.5) is 0 Å². The molecular formula is C14H15FeN. The van der Waals surface area contributed by atoms with Crippen LogP contribution in [0.25, 0.3) is 0 Å². The Morgan fingerprint density at radius 3 is 1.75 bits per heavy atom. The van der Waals surface area contributed by atoms with Gasteiger partial charge in [-0.1, -0.05) is 0 Å². The second kappa shape index (κ2) is 0.428. The van der Waals surface area contributed by atoms with E-state index in [0.29, 0.717) is 5.92 Å². The molecule has 0 N–H and O–H groups in total. The maximum atomic E-state index is 9.64. The van der Waals surface area contributed by atoms with Crippen molar-refractivity contribution < 1.29 is 6.51 Å². The molecule has 1 spiro atoms. The zero-order chi connectivity index (χ0) is 10.0. The molecule has 10 heterocycles. The standard InChI is InChI=1S/C9H10N.C5H5.Fe/c1-2-8(7-10)9-5-3-4-6-9;1-2-4-5-3-1;/h3-6,8H,2H2,1H3;1-5H;. The summed E-state index contributed by atoms with van der Waals surface area (Å²) in [6.45, 7) is -0.580. The summed E-state index contributed by atoms with van der Waals surface area (Å²) in [4.78, 5) is 12.4. The van der Waals surface area contributed by atoms with Crippen molar-refractivity contribution in [3.05, 3.63) is 0 Å². The molecule has 84 valence electrons. The van der Waals surface area contributed by atoms with E-state index in [1.807, 2.05) is 0 Å². The molecule has 0 aromatic rings. The Morgan fingerprint density at radius 2 is 1.56 bits per heavy atom. The molecular weight excluding hydrogens is 238 g/mol. The molecule has 5 atom stereocenters. The van der Waals surface area contributed by atoms with Crippen molar-refractivity contribution in [2.45, 2.75) is 61.0 Å². The van der Waals surface area contributed by atoms with Gasteiger partial charge in [0, 0.05) is 0 Å². The van der Waals surface area contributed by atoms with E-state index in [-0.39, 0.29) is 0 Å². The molecule has 0 aliphatic carbocycles. The maximum absolute atomic E-state index is 9.64. The first-order valence-corrected chi connectivity index (χ1v) is 13.5. The quantitative estimate of drug-likeness (QED) is 0.673. The Morgan fingerprint density at radius 1 is 1.06 bits per heavy atom. The van der Waals surface area contributed by atoms with Crippen molar-refractivity contribution in [3.63, 3.8) is 0 Å². The van der Waals surface area contributed by atoms with Gasteiger partial charge in [0.05, 0.1) is 0 Å². The second-order valence-corrected chi connectivity index (χ2v) is 34.4. The Hall–Kier alpha value is 0.00948. The van der Waals surface area contributed by atoms with E-state index < -0.39 is 6.51 Å². The molecule has 10 fully saturated rings. The van der Waals surface area contributed by atoms with Crippen LogP contribution in [-0.4, -0.2) is 0 Å². The molecule has 16 heavy (non-hydrogen) atoms. The topological polar surface area (TPSA) is 23.8 Å². The third-order valence-corrected chi connectivity index (χ3v) is 58.6. The van der Waals surface area contributed by atoms with Gasteiger partial charge >= 0.3 is 84.8 Å². The Labute approximate surface area is 84.9 Å². The summed E-state index contributed by atoms with van der Waals surface area (Å²) < 4.78 is 0.850. The molecule has 10 aliphatic heterocycles. The number of hydrogen-bond acceptors (Lipinski definition) is 1. The number of nitrogens with zero attached hydrogens (tertiary/aromatic N) is 1. The third kappa shape index (κ3) is 0.0477. The minimum atomic E-state index is -2.89. The van der Waals surface area contributed by atoms with E-state index in [9.17, 15) is 5.26 Å². The van der Waals surface area contributed by atoms with E-state index in [1.54, 1.807) is 0 Å². The van der Waals surface area contributed by atoms with Gasteiger partial charge in [-0.25, -0.2) is 0 Å². The average molecular weight is 253 g/mol. The summed E-state index contributed by atoms with van der Waals surface area (Å²) in [5, 5.41) is 9.64. The molecule has 2 heteroatoms. The van der Waals surface area contributed by atoms with E-state index in [1.165, 1.54) is 49.8 Å². The fraction of sp³-hybridized carbons (Fsp3) is 0.929. The summed E-state index contributed by atoms with van der Waals surface area (Å²) in [5.41, 5.74) is 0. The van der Waals surface area contributed by atoms with Gasteiger partial charge < -0.3 is 0 Å². The van der Waals surface area contributed by atoms with Crippen LogP contribution in [0.15, 0.2) is 0 Å². The molecule has 0 aromatic carbocycles. The molecule has 0 amide bonds. The van der Waals surface area contributed by atoms with Crippen molar-refractivity contribution >= 4 is 0 Å². The normalized spacial score (nSPS) is 127. The summed E-state index contributed by atoms with van der Waals surface area (Å²) in [6, 6.07) is 2.81. The zero-order valence-corrected chi connectivity index (χ0v) is 10.4. The third-order valence-electron chi connectivity index (χ3n) is 15.9. The fourth-order valence-corrected chi connectivity index (χ4v) is 93.1. The van der Waals surface area contributed by atoms with Crippen LogP contribution in [0.1, 0.15) is 13.3 Å². The van der Waals surface area contributed by atoms with Crippen LogP contribution in [0.2, 0.25) is 47.7 Å². The van der Waals surface area contributed by atoms with E-state index in [4.69, 9.17) is 0 Å². The zero-order valence-electron chi connectivity index (χ0n) is 9.28. The van der Waals surface area contributed by atoms with Crippen molar-refractivity contribution in [1.29, 1.82) is 5.26 Å². The Bertz CT molecular complexity index is 902. The van der Waals surface area contributed by atoms with Crippen LogP contribution < -0.4 is 0 Å². The van der Waals surface area contributed by atoms with Crippen LogP contribution in [0.3, 0.4) is 0 Å². The van der Waals surface area contributed by atoms with Gasteiger partial charge in [-0.2, -0.15) is 0 Å².